The van der Waals surface area contributed by atoms with Crippen LogP contribution < -0.4 is 5.32 Å². The van der Waals surface area contributed by atoms with Crippen molar-refractivity contribution in [3.63, 3.8) is 0 Å². The van der Waals surface area contributed by atoms with Crippen molar-refractivity contribution < 1.29 is 0 Å². The molecule has 0 spiro atoms. The monoisotopic (exact) mass is 272 g/mol. The van der Waals surface area contributed by atoms with Gasteiger partial charge < -0.3 is 5.32 Å². The molecular weight excluding hydrogens is 244 g/mol. The van der Waals surface area contributed by atoms with Crippen LogP contribution in [0.3, 0.4) is 0 Å². The van der Waals surface area contributed by atoms with E-state index in [4.69, 9.17) is 0 Å². The number of piperazine rings is 1. The molecule has 0 bridgehead atoms. The Morgan fingerprint density at radius 3 is 2.60 bits per heavy atom. The molecule has 1 saturated carbocycles. The van der Waals surface area contributed by atoms with Gasteiger partial charge in [-0.25, -0.2) is 0 Å². The van der Waals surface area contributed by atoms with Crippen LogP contribution in [0.15, 0.2) is 30.3 Å². The predicted molar refractivity (Wildman–Crippen MR) is 84.8 cm³/mol. The highest BCUT2D eigenvalue weighted by molar-refractivity contribution is 5.20. The molecular formula is C18H28N2. The van der Waals surface area contributed by atoms with E-state index in [9.17, 15) is 0 Å². The molecule has 3 rings (SSSR count). The zero-order valence-corrected chi connectivity index (χ0v) is 12.7. The van der Waals surface area contributed by atoms with Gasteiger partial charge in [-0.15, -0.1) is 0 Å². The quantitative estimate of drug-likeness (QED) is 0.904. The van der Waals surface area contributed by atoms with Crippen molar-refractivity contribution in [3.05, 3.63) is 35.9 Å². The average Bonchev–Trinajstić information content (AvgIpc) is 2.56. The van der Waals surface area contributed by atoms with Crippen LogP contribution in [0.4, 0.5) is 0 Å². The number of hydrogen-bond donors (Lipinski definition) is 1. The zero-order valence-electron chi connectivity index (χ0n) is 12.7. The second-order valence-electron chi connectivity index (χ2n) is 6.51. The number of rotatable bonds is 3. The topological polar surface area (TPSA) is 15.3 Å². The first-order valence-corrected chi connectivity index (χ1v) is 8.37. The minimum atomic E-state index is 0.557. The molecule has 2 atom stereocenters. The molecule has 1 saturated heterocycles. The summed E-state index contributed by atoms with van der Waals surface area (Å²) in [6.45, 7) is 5.90. The van der Waals surface area contributed by atoms with E-state index in [1.54, 1.807) is 0 Å². The van der Waals surface area contributed by atoms with Gasteiger partial charge in [0.2, 0.25) is 0 Å². The minimum absolute atomic E-state index is 0.557. The first-order valence-electron chi connectivity index (χ1n) is 8.37. The highest BCUT2D eigenvalue weighted by Crippen LogP contribution is 2.33. The van der Waals surface area contributed by atoms with E-state index in [1.807, 2.05) is 0 Å². The number of hydrogen-bond acceptors (Lipinski definition) is 2. The van der Waals surface area contributed by atoms with Gasteiger partial charge in [-0.3, -0.25) is 4.90 Å². The van der Waals surface area contributed by atoms with E-state index in [-0.39, 0.29) is 0 Å². The molecule has 1 aliphatic heterocycles. The summed E-state index contributed by atoms with van der Waals surface area (Å²) in [7, 11) is 0. The summed E-state index contributed by atoms with van der Waals surface area (Å²) >= 11 is 0. The highest BCUT2D eigenvalue weighted by Gasteiger charge is 2.32. The zero-order chi connectivity index (χ0) is 13.8. The molecule has 0 amide bonds. The first-order chi connectivity index (χ1) is 9.86. The van der Waals surface area contributed by atoms with Crippen molar-refractivity contribution in [1.82, 2.24) is 10.2 Å². The Kier molecular flexibility index (Phi) is 4.74. The largest absolute Gasteiger partial charge is 0.314 e. The van der Waals surface area contributed by atoms with Crippen LogP contribution in [0.2, 0.25) is 0 Å². The van der Waals surface area contributed by atoms with E-state index in [0.29, 0.717) is 6.04 Å². The maximum atomic E-state index is 3.58. The Balaban J connectivity index is 1.74. The second-order valence-corrected chi connectivity index (χ2v) is 6.51. The molecule has 2 nitrogen and oxygen atoms in total. The fourth-order valence-corrected chi connectivity index (χ4v) is 4.08. The molecule has 2 unspecified atom stereocenters. The molecule has 1 heterocycles. The van der Waals surface area contributed by atoms with Crippen LogP contribution in [-0.4, -0.2) is 30.6 Å². The lowest BCUT2D eigenvalue weighted by molar-refractivity contribution is 0.0664. The van der Waals surface area contributed by atoms with Crippen LogP contribution in [0.25, 0.3) is 0 Å². The summed E-state index contributed by atoms with van der Waals surface area (Å²) in [5.41, 5.74) is 1.47. The SMILES string of the molecule is CC(C1CCCCC1)N1CCNCC1c1ccccc1. The first kappa shape index (κ1) is 14.1. The van der Waals surface area contributed by atoms with Crippen LogP contribution in [0.1, 0.15) is 50.6 Å². The molecule has 2 aliphatic rings. The van der Waals surface area contributed by atoms with E-state index in [2.05, 4.69) is 47.5 Å². The summed E-state index contributed by atoms with van der Waals surface area (Å²) in [4.78, 5) is 2.77. The molecule has 1 aromatic rings. The third-order valence-electron chi connectivity index (χ3n) is 5.32. The highest BCUT2D eigenvalue weighted by atomic mass is 15.2. The van der Waals surface area contributed by atoms with Gasteiger partial charge in [-0.2, -0.15) is 0 Å². The van der Waals surface area contributed by atoms with Crippen LogP contribution in [0.5, 0.6) is 0 Å². The third-order valence-corrected chi connectivity index (χ3v) is 5.32. The molecule has 1 aromatic carbocycles. The lowest BCUT2D eigenvalue weighted by atomic mass is 9.83. The smallest absolute Gasteiger partial charge is 0.0476 e. The molecule has 0 aromatic heterocycles. The fraction of sp³-hybridized carbons (Fsp3) is 0.667. The number of nitrogens with one attached hydrogen (secondary N) is 1. The van der Waals surface area contributed by atoms with Crippen molar-refractivity contribution in [1.29, 1.82) is 0 Å². The predicted octanol–water partition coefficient (Wildman–Crippen LogP) is 3.60. The summed E-state index contributed by atoms with van der Waals surface area (Å²) < 4.78 is 0. The maximum Gasteiger partial charge on any atom is 0.0476 e. The fourth-order valence-electron chi connectivity index (χ4n) is 4.08. The van der Waals surface area contributed by atoms with Gasteiger partial charge in [0, 0.05) is 31.7 Å². The van der Waals surface area contributed by atoms with Crippen molar-refractivity contribution in [3.8, 4) is 0 Å². The molecule has 1 N–H and O–H groups in total. The summed E-state index contributed by atoms with van der Waals surface area (Å²) in [6.07, 6.45) is 7.21. The average molecular weight is 272 g/mol. The van der Waals surface area contributed by atoms with Crippen LogP contribution in [-0.2, 0) is 0 Å². The van der Waals surface area contributed by atoms with Crippen LogP contribution in [0, 0.1) is 5.92 Å². The van der Waals surface area contributed by atoms with E-state index >= 15 is 0 Å². The second kappa shape index (κ2) is 6.73. The van der Waals surface area contributed by atoms with Crippen LogP contribution >= 0.6 is 0 Å². The van der Waals surface area contributed by atoms with Gasteiger partial charge in [-0.05, 0) is 31.2 Å². The molecule has 0 radical (unpaired) electrons. The Labute approximate surface area is 123 Å². The standard InChI is InChI=1S/C18H28N2/c1-15(16-8-4-2-5-9-16)20-13-12-19-14-18(20)17-10-6-3-7-11-17/h3,6-7,10-11,15-16,18-19H,2,4-5,8-9,12-14H2,1H3. The Morgan fingerprint density at radius 2 is 1.85 bits per heavy atom. The Morgan fingerprint density at radius 1 is 1.10 bits per heavy atom. The van der Waals surface area contributed by atoms with E-state index in [1.165, 1.54) is 44.2 Å². The third kappa shape index (κ3) is 3.07. The summed E-state index contributed by atoms with van der Waals surface area (Å²) in [6, 6.07) is 12.3. The molecule has 20 heavy (non-hydrogen) atoms. The van der Waals surface area contributed by atoms with Crippen molar-refractivity contribution >= 4 is 0 Å². The molecule has 2 heteroatoms. The maximum absolute atomic E-state index is 3.58. The Hall–Kier alpha value is -0.860. The van der Waals surface area contributed by atoms with Gasteiger partial charge in [0.1, 0.15) is 0 Å². The number of benzene rings is 1. The van der Waals surface area contributed by atoms with Crippen molar-refractivity contribution in [2.75, 3.05) is 19.6 Å². The van der Waals surface area contributed by atoms with Gasteiger partial charge in [0.05, 0.1) is 0 Å². The lowest BCUT2D eigenvalue weighted by Gasteiger charge is -2.44. The molecule has 2 fully saturated rings. The lowest BCUT2D eigenvalue weighted by Crippen LogP contribution is -2.51. The van der Waals surface area contributed by atoms with Gasteiger partial charge >= 0.3 is 0 Å². The van der Waals surface area contributed by atoms with E-state index < -0.39 is 0 Å². The van der Waals surface area contributed by atoms with Gasteiger partial charge in [0.25, 0.3) is 0 Å². The van der Waals surface area contributed by atoms with Gasteiger partial charge in [0.15, 0.2) is 0 Å². The van der Waals surface area contributed by atoms with Crippen molar-refractivity contribution in [2.24, 2.45) is 5.92 Å². The van der Waals surface area contributed by atoms with E-state index in [0.717, 1.165) is 25.0 Å². The summed E-state index contributed by atoms with van der Waals surface area (Å²) in [5, 5.41) is 3.58. The molecule has 110 valence electrons. The number of nitrogens with zero attached hydrogens (tertiary/aromatic N) is 1. The normalized spacial score (nSPS) is 27.4. The minimum Gasteiger partial charge on any atom is -0.314 e. The van der Waals surface area contributed by atoms with Crippen molar-refractivity contribution in [2.45, 2.75) is 51.1 Å². The molecule has 1 aliphatic carbocycles. The van der Waals surface area contributed by atoms with Gasteiger partial charge in [-0.1, -0.05) is 49.6 Å². The summed E-state index contributed by atoms with van der Waals surface area (Å²) in [5.74, 6) is 0.910. The Bertz CT molecular complexity index is 397.